The fourth-order valence-corrected chi connectivity index (χ4v) is 4.08. The van der Waals surface area contributed by atoms with E-state index in [0.29, 0.717) is 16.4 Å². The number of nitrogens with zero attached hydrogens (tertiary/aromatic N) is 2. The van der Waals surface area contributed by atoms with Crippen molar-refractivity contribution in [2.24, 2.45) is 4.99 Å². The predicted molar refractivity (Wildman–Crippen MR) is 113 cm³/mol. The Morgan fingerprint density at radius 3 is 2.50 bits per heavy atom. The number of esters is 1. The van der Waals surface area contributed by atoms with E-state index in [0.717, 1.165) is 11.8 Å². The fraction of sp³-hybridized carbons (Fsp3) is 0.150. The summed E-state index contributed by atoms with van der Waals surface area (Å²) in [6.07, 6.45) is 2.86. The zero-order chi connectivity index (χ0) is 21.7. The number of thiazole rings is 1. The van der Waals surface area contributed by atoms with E-state index in [2.05, 4.69) is 4.99 Å². The first kappa shape index (κ1) is 21.9. The van der Waals surface area contributed by atoms with Crippen LogP contribution in [0.3, 0.4) is 0 Å². The molecule has 1 heterocycles. The molecule has 0 fully saturated rings. The molecule has 0 radical (unpaired) electrons. The Kier molecular flexibility index (Phi) is 6.86. The SMILES string of the molecule is CS(=O)(=O)c1ccc(C(=O)OCC(=O)N=c2sccn2Cc2ccccc2Cl)cc1. The number of rotatable bonds is 6. The maximum Gasteiger partial charge on any atom is 0.338 e. The van der Waals surface area contributed by atoms with Crippen molar-refractivity contribution in [3.05, 3.63) is 81.1 Å². The molecule has 1 amide bonds. The molecule has 0 unspecified atom stereocenters. The Morgan fingerprint density at radius 1 is 1.13 bits per heavy atom. The number of hydrogen-bond donors (Lipinski definition) is 0. The summed E-state index contributed by atoms with van der Waals surface area (Å²) in [5.74, 6) is -1.36. The molecule has 7 nitrogen and oxygen atoms in total. The van der Waals surface area contributed by atoms with E-state index in [1.165, 1.54) is 35.6 Å². The molecule has 0 aliphatic rings. The molecule has 3 rings (SSSR count). The first-order valence-electron chi connectivity index (χ1n) is 8.66. The molecule has 1 aromatic heterocycles. The largest absolute Gasteiger partial charge is 0.452 e. The Labute approximate surface area is 182 Å². The highest BCUT2D eigenvalue weighted by atomic mass is 35.5. The molecule has 0 spiro atoms. The van der Waals surface area contributed by atoms with Gasteiger partial charge in [0.05, 0.1) is 17.0 Å². The van der Waals surface area contributed by atoms with Crippen LogP contribution in [0.15, 0.2) is 70.0 Å². The highest BCUT2D eigenvalue weighted by molar-refractivity contribution is 7.90. The Morgan fingerprint density at radius 2 is 1.83 bits per heavy atom. The number of sulfone groups is 1. The summed E-state index contributed by atoms with van der Waals surface area (Å²) >= 11 is 7.45. The molecule has 0 saturated carbocycles. The lowest BCUT2D eigenvalue weighted by Crippen LogP contribution is -2.20. The average Bonchev–Trinajstić information content (AvgIpc) is 3.14. The van der Waals surface area contributed by atoms with Crippen LogP contribution in [0.2, 0.25) is 5.02 Å². The zero-order valence-corrected chi connectivity index (χ0v) is 18.2. The summed E-state index contributed by atoms with van der Waals surface area (Å²) in [6, 6.07) is 12.7. The van der Waals surface area contributed by atoms with Gasteiger partial charge < -0.3 is 9.30 Å². The lowest BCUT2D eigenvalue weighted by Gasteiger charge is -2.05. The van der Waals surface area contributed by atoms with Crippen LogP contribution < -0.4 is 4.80 Å². The molecule has 0 aliphatic heterocycles. The van der Waals surface area contributed by atoms with Crippen LogP contribution in [0.25, 0.3) is 0 Å². The summed E-state index contributed by atoms with van der Waals surface area (Å²) in [4.78, 5) is 28.8. The average molecular weight is 465 g/mol. The van der Waals surface area contributed by atoms with Gasteiger partial charge in [0.1, 0.15) is 0 Å². The number of aromatic nitrogens is 1. The van der Waals surface area contributed by atoms with Crippen molar-refractivity contribution in [1.29, 1.82) is 0 Å². The van der Waals surface area contributed by atoms with Gasteiger partial charge in [0.2, 0.25) is 0 Å². The molecular weight excluding hydrogens is 448 g/mol. The second-order valence-corrected chi connectivity index (χ2v) is 9.58. The quantitative estimate of drug-likeness (QED) is 0.523. The minimum Gasteiger partial charge on any atom is -0.452 e. The Balaban J connectivity index is 1.65. The molecule has 0 saturated heterocycles. The van der Waals surface area contributed by atoms with Gasteiger partial charge in [-0.05, 0) is 35.9 Å². The second-order valence-electron chi connectivity index (χ2n) is 6.28. The summed E-state index contributed by atoms with van der Waals surface area (Å²) in [5.41, 5.74) is 1.02. The van der Waals surface area contributed by atoms with E-state index >= 15 is 0 Å². The van der Waals surface area contributed by atoms with Crippen molar-refractivity contribution < 1.29 is 22.7 Å². The van der Waals surface area contributed by atoms with Crippen LogP contribution in [0.1, 0.15) is 15.9 Å². The monoisotopic (exact) mass is 464 g/mol. The van der Waals surface area contributed by atoms with Crippen LogP contribution in [0.4, 0.5) is 0 Å². The van der Waals surface area contributed by atoms with Gasteiger partial charge in [-0.3, -0.25) is 4.79 Å². The second kappa shape index (κ2) is 9.38. The summed E-state index contributed by atoms with van der Waals surface area (Å²) in [6.45, 7) is -0.0849. The molecule has 2 aromatic carbocycles. The van der Waals surface area contributed by atoms with E-state index in [1.807, 2.05) is 18.2 Å². The molecule has 0 N–H and O–H groups in total. The van der Waals surface area contributed by atoms with E-state index in [9.17, 15) is 18.0 Å². The van der Waals surface area contributed by atoms with Crippen molar-refractivity contribution in [2.75, 3.05) is 12.9 Å². The molecular formula is C20H17ClN2O5S2. The Hall–Kier alpha value is -2.75. The molecule has 3 aromatic rings. The summed E-state index contributed by atoms with van der Waals surface area (Å²) < 4.78 is 29.7. The molecule has 0 atom stereocenters. The third-order valence-electron chi connectivity index (χ3n) is 4.02. The van der Waals surface area contributed by atoms with Gasteiger partial charge in [0.25, 0.3) is 5.91 Å². The number of halogens is 1. The fourth-order valence-electron chi connectivity index (χ4n) is 2.51. The van der Waals surface area contributed by atoms with Gasteiger partial charge in [-0.1, -0.05) is 29.8 Å². The van der Waals surface area contributed by atoms with Crippen molar-refractivity contribution in [3.8, 4) is 0 Å². The molecule has 0 bridgehead atoms. The number of hydrogen-bond acceptors (Lipinski definition) is 6. The lowest BCUT2D eigenvalue weighted by atomic mass is 10.2. The van der Waals surface area contributed by atoms with E-state index < -0.39 is 28.3 Å². The Bertz CT molecular complexity index is 1240. The topological polar surface area (TPSA) is 94.8 Å². The minimum absolute atomic E-state index is 0.0888. The van der Waals surface area contributed by atoms with Crippen LogP contribution >= 0.6 is 22.9 Å². The van der Waals surface area contributed by atoms with Crippen molar-refractivity contribution >= 4 is 44.7 Å². The molecule has 30 heavy (non-hydrogen) atoms. The maximum absolute atomic E-state index is 12.1. The number of amides is 1. The first-order valence-corrected chi connectivity index (χ1v) is 11.8. The zero-order valence-electron chi connectivity index (χ0n) is 15.8. The summed E-state index contributed by atoms with van der Waals surface area (Å²) in [7, 11) is -3.36. The molecule has 10 heteroatoms. The predicted octanol–water partition coefficient (Wildman–Crippen LogP) is 2.94. The first-order chi connectivity index (χ1) is 14.2. The lowest BCUT2D eigenvalue weighted by molar-refractivity contribution is -0.121. The standard InChI is InChI=1S/C20H17ClN2O5S2/c1-30(26,27)16-8-6-14(7-9-16)19(25)28-13-18(24)22-20-23(10-11-29-20)12-15-4-2-3-5-17(15)21/h2-11H,12-13H2,1H3. The summed E-state index contributed by atoms with van der Waals surface area (Å²) in [5, 5.41) is 2.41. The van der Waals surface area contributed by atoms with Crippen LogP contribution in [0, 0.1) is 0 Å². The smallest absolute Gasteiger partial charge is 0.338 e. The van der Waals surface area contributed by atoms with Crippen molar-refractivity contribution in [3.63, 3.8) is 0 Å². The molecule has 0 aliphatic carbocycles. The van der Waals surface area contributed by atoms with Gasteiger partial charge in [0.15, 0.2) is 21.2 Å². The van der Waals surface area contributed by atoms with Crippen LogP contribution in [-0.2, 0) is 25.9 Å². The van der Waals surface area contributed by atoms with Gasteiger partial charge in [-0.15, -0.1) is 11.3 Å². The van der Waals surface area contributed by atoms with Crippen molar-refractivity contribution in [1.82, 2.24) is 4.57 Å². The number of ether oxygens (including phenoxy) is 1. The van der Waals surface area contributed by atoms with Gasteiger partial charge >= 0.3 is 5.97 Å². The van der Waals surface area contributed by atoms with Gasteiger partial charge in [-0.2, -0.15) is 4.99 Å². The normalized spacial score (nSPS) is 12.0. The third kappa shape index (κ3) is 5.65. The van der Waals surface area contributed by atoms with Crippen LogP contribution in [0.5, 0.6) is 0 Å². The number of carbonyl (C=O) groups excluding carboxylic acids is 2. The highest BCUT2D eigenvalue weighted by Crippen LogP contribution is 2.15. The maximum atomic E-state index is 12.1. The van der Waals surface area contributed by atoms with E-state index in [-0.39, 0.29) is 10.5 Å². The van der Waals surface area contributed by atoms with Gasteiger partial charge in [0, 0.05) is 22.9 Å². The van der Waals surface area contributed by atoms with Crippen molar-refractivity contribution in [2.45, 2.75) is 11.4 Å². The molecule has 156 valence electrons. The number of benzene rings is 2. The van der Waals surface area contributed by atoms with Crippen LogP contribution in [-0.4, -0.2) is 37.7 Å². The van der Waals surface area contributed by atoms with E-state index in [1.54, 1.807) is 22.2 Å². The van der Waals surface area contributed by atoms with Gasteiger partial charge in [-0.25, -0.2) is 13.2 Å². The van der Waals surface area contributed by atoms with E-state index in [4.69, 9.17) is 16.3 Å². The third-order valence-corrected chi connectivity index (χ3v) is 6.32. The minimum atomic E-state index is -3.36. The number of carbonyl (C=O) groups is 2. The highest BCUT2D eigenvalue weighted by Gasteiger charge is 2.13.